The number of nitrogens with zero attached hydrogens (tertiary/aromatic N) is 1. The molecule has 0 heterocycles. The molecule has 0 radical (unpaired) electrons. The van der Waals surface area contributed by atoms with Gasteiger partial charge in [0.2, 0.25) is 5.82 Å². The summed E-state index contributed by atoms with van der Waals surface area (Å²) >= 11 is 0.972. The summed E-state index contributed by atoms with van der Waals surface area (Å²) in [6, 6.07) is 3.38. The first-order valence-electron chi connectivity index (χ1n) is 5.77. The van der Waals surface area contributed by atoms with E-state index in [1.165, 1.54) is 19.1 Å². The van der Waals surface area contributed by atoms with Crippen LogP contribution in [0.15, 0.2) is 18.2 Å². The molecule has 2 unspecified atom stereocenters. The highest BCUT2D eigenvalue weighted by molar-refractivity contribution is 8.13. The molecule has 0 aliphatic carbocycles. The molecule has 0 bridgehead atoms. The summed E-state index contributed by atoms with van der Waals surface area (Å²) in [6.45, 7) is 1.37. The average Bonchev–Trinajstić information content (AvgIpc) is 2.37. The van der Waals surface area contributed by atoms with E-state index in [-0.39, 0.29) is 22.9 Å². The number of halogens is 1. The van der Waals surface area contributed by atoms with E-state index in [0.717, 1.165) is 17.8 Å². The summed E-state index contributed by atoms with van der Waals surface area (Å²) < 4.78 is 13.8. The highest BCUT2D eigenvalue weighted by Gasteiger charge is 2.26. The molecule has 1 aromatic carbocycles. The second-order valence-corrected chi connectivity index (χ2v) is 5.35. The average molecular weight is 303 g/mol. The van der Waals surface area contributed by atoms with Crippen molar-refractivity contribution in [1.29, 1.82) is 0 Å². The molecule has 0 amide bonds. The summed E-state index contributed by atoms with van der Waals surface area (Å²) in [5.41, 5.74) is -1.09. The van der Waals surface area contributed by atoms with Gasteiger partial charge in [-0.25, -0.2) is 0 Å². The van der Waals surface area contributed by atoms with Crippen LogP contribution < -0.4 is 0 Å². The van der Waals surface area contributed by atoms with Gasteiger partial charge in [-0.2, -0.15) is 4.39 Å². The van der Waals surface area contributed by atoms with Crippen molar-refractivity contribution in [3.05, 3.63) is 39.7 Å². The number of hydrogen-bond acceptors (Lipinski definition) is 6. The first-order chi connectivity index (χ1) is 9.34. The van der Waals surface area contributed by atoms with Gasteiger partial charge in [0.1, 0.15) is 6.10 Å². The predicted octanol–water partition coefficient (Wildman–Crippen LogP) is 1.80. The molecule has 1 rings (SSSR count). The summed E-state index contributed by atoms with van der Waals surface area (Å²) in [4.78, 5) is 20.4. The standard InChI is InChI=1S/C12H14FNO5S/c1-7(15)20-6-5-10(16)12(17)8-3-2-4-9(11(8)13)14(18)19/h2-4,10,12,16-17H,5-6H2,1H3. The third-order valence-corrected chi connectivity index (χ3v) is 3.45. The molecule has 0 saturated carbocycles. The molecule has 110 valence electrons. The van der Waals surface area contributed by atoms with Crippen molar-refractivity contribution >= 4 is 22.6 Å². The SMILES string of the molecule is CC(=O)SCCC(O)C(O)c1cccc([N+](=O)[O-])c1F. The van der Waals surface area contributed by atoms with Crippen molar-refractivity contribution in [1.82, 2.24) is 0 Å². The number of aliphatic hydroxyl groups excluding tert-OH is 2. The van der Waals surface area contributed by atoms with Crippen molar-refractivity contribution in [3.63, 3.8) is 0 Å². The first-order valence-corrected chi connectivity index (χ1v) is 6.75. The van der Waals surface area contributed by atoms with Crippen LogP contribution in [-0.2, 0) is 4.79 Å². The molecule has 6 nitrogen and oxygen atoms in total. The first kappa shape index (κ1) is 16.5. The number of aliphatic hydroxyl groups is 2. The summed E-state index contributed by atoms with van der Waals surface area (Å²) in [5.74, 6) is -0.896. The van der Waals surface area contributed by atoms with Crippen molar-refractivity contribution < 1.29 is 24.3 Å². The summed E-state index contributed by atoms with van der Waals surface area (Å²) in [6.07, 6.45) is -2.83. The highest BCUT2D eigenvalue weighted by Crippen LogP contribution is 2.28. The molecular formula is C12H14FNO5S. The minimum Gasteiger partial charge on any atom is -0.390 e. The second kappa shape index (κ2) is 7.32. The Balaban J connectivity index is 2.81. The number of nitro benzene ring substituents is 1. The Labute approximate surface area is 118 Å². The second-order valence-electron chi connectivity index (χ2n) is 4.08. The van der Waals surface area contributed by atoms with Gasteiger partial charge in [-0.3, -0.25) is 14.9 Å². The van der Waals surface area contributed by atoms with Gasteiger partial charge < -0.3 is 10.2 Å². The lowest BCUT2D eigenvalue weighted by atomic mass is 10.0. The Morgan fingerprint density at radius 2 is 2.15 bits per heavy atom. The fourth-order valence-corrected chi connectivity index (χ4v) is 2.24. The van der Waals surface area contributed by atoms with Crippen LogP contribution in [-0.4, -0.2) is 32.1 Å². The molecule has 2 N–H and O–H groups in total. The minimum absolute atomic E-state index is 0.0630. The number of carbonyl (C=O) groups is 1. The smallest absolute Gasteiger partial charge is 0.305 e. The van der Waals surface area contributed by atoms with Crippen molar-refractivity contribution in [2.75, 3.05) is 5.75 Å². The van der Waals surface area contributed by atoms with Gasteiger partial charge in [0.25, 0.3) is 0 Å². The van der Waals surface area contributed by atoms with Crippen LogP contribution >= 0.6 is 11.8 Å². The summed E-state index contributed by atoms with van der Waals surface area (Å²) in [7, 11) is 0. The normalized spacial score (nSPS) is 13.8. The van der Waals surface area contributed by atoms with Crippen LogP contribution in [0.4, 0.5) is 10.1 Å². The maximum absolute atomic E-state index is 13.8. The maximum Gasteiger partial charge on any atom is 0.305 e. The fraction of sp³-hybridized carbons (Fsp3) is 0.417. The molecule has 0 saturated heterocycles. The zero-order chi connectivity index (χ0) is 15.3. The van der Waals surface area contributed by atoms with Crippen LogP contribution in [0.5, 0.6) is 0 Å². The van der Waals surface area contributed by atoms with E-state index in [9.17, 15) is 29.5 Å². The molecule has 0 fully saturated rings. The summed E-state index contributed by atoms with van der Waals surface area (Å²) in [5, 5.41) is 30.0. The molecule has 0 aliphatic rings. The Morgan fingerprint density at radius 3 is 2.70 bits per heavy atom. The number of rotatable bonds is 6. The van der Waals surface area contributed by atoms with E-state index >= 15 is 0 Å². The van der Waals surface area contributed by atoms with E-state index in [4.69, 9.17) is 0 Å². The van der Waals surface area contributed by atoms with E-state index < -0.39 is 28.6 Å². The molecule has 0 aliphatic heterocycles. The van der Waals surface area contributed by atoms with E-state index in [1.807, 2.05) is 0 Å². The van der Waals surface area contributed by atoms with Crippen LogP contribution in [0, 0.1) is 15.9 Å². The van der Waals surface area contributed by atoms with E-state index in [2.05, 4.69) is 0 Å². The number of hydrogen-bond donors (Lipinski definition) is 2. The van der Waals surface area contributed by atoms with Gasteiger partial charge in [-0.1, -0.05) is 23.9 Å². The third-order valence-electron chi connectivity index (χ3n) is 2.61. The topological polar surface area (TPSA) is 101 Å². The molecule has 0 aromatic heterocycles. The zero-order valence-electron chi connectivity index (χ0n) is 10.7. The number of carbonyl (C=O) groups excluding carboxylic acids is 1. The molecular weight excluding hydrogens is 289 g/mol. The van der Waals surface area contributed by atoms with E-state index in [1.54, 1.807) is 0 Å². The van der Waals surface area contributed by atoms with Crippen molar-refractivity contribution in [2.45, 2.75) is 25.6 Å². The van der Waals surface area contributed by atoms with Crippen LogP contribution in [0.25, 0.3) is 0 Å². The van der Waals surface area contributed by atoms with E-state index in [0.29, 0.717) is 0 Å². The van der Waals surface area contributed by atoms with Gasteiger partial charge in [0.15, 0.2) is 5.12 Å². The molecule has 20 heavy (non-hydrogen) atoms. The van der Waals surface area contributed by atoms with Crippen LogP contribution in [0.1, 0.15) is 25.0 Å². The minimum atomic E-state index is -1.58. The Morgan fingerprint density at radius 1 is 1.50 bits per heavy atom. The fourth-order valence-electron chi connectivity index (χ4n) is 1.60. The number of benzene rings is 1. The maximum atomic E-state index is 13.8. The van der Waals surface area contributed by atoms with Crippen LogP contribution in [0.2, 0.25) is 0 Å². The molecule has 8 heteroatoms. The molecule has 0 spiro atoms. The zero-order valence-corrected chi connectivity index (χ0v) is 11.5. The van der Waals surface area contributed by atoms with Gasteiger partial charge in [-0.05, 0) is 6.42 Å². The van der Waals surface area contributed by atoms with Crippen molar-refractivity contribution in [2.24, 2.45) is 0 Å². The largest absolute Gasteiger partial charge is 0.390 e. The monoisotopic (exact) mass is 303 g/mol. The lowest BCUT2D eigenvalue weighted by molar-refractivity contribution is -0.387. The third kappa shape index (κ3) is 4.26. The highest BCUT2D eigenvalue weighted by atomic mass is 32.2. The number of nitro groups is 1. The van der Waals surface area contributed by atoms with Gasteiger partial charge in [0, 0.05) is 24.3 Å². The lowest BCUT2D eigenvalue weighted by Crippen LogP contribution is -2.20. The molecule has 2 atom stereocenters. The Kier molecular flexibility index (Phi) is 6.05. The van der Waals surface area contributed by atoms with Gasteiger partial charge in [-0.15, -0.1) is 0 Å². The van der Waals surface area contributed by atoms with Crippen LogP contribution in [0.3, 0.4) is 0 Å². The van der Waals surface area contributed by atoms with Gasteiger partial charge >= 0.3 is 5.69 Å². The Bertz CT molecular complexity index is 511. The lowest BCUT2D eigenvalue weighted by Gasteiger charge is -2.18. The number of thioether (sulfide) groups is 1. The van der Waals surface area contributed by atoms with Gasteiger partial charge in [0.05, 0.1) is 11.0 Å². The quantitative estimate of drug-likeness (QED) is 0.614. The van der Waals surface area contributed by atoms with Crippen molar-refractivity contribution in [3.8, 4) is 0 Å². The predicted molar refractivity (Wildman–Crippen MR) is 71.8 cm³/mol. The Hall–Kier alpha value is -1.51. The molecule has 1 aromatic rings.